The summed E-state index contributed by atoms with van der Waals surface area (Å²) in [5, 5.41) is 2.17. The molecular weight excluding hydrogens is 112 g/mol. The minimum Gasteiger partial charge on any atom is -0.352 e. The van der Waals surface area contributed by atoms with E-state index in [9.17, 15) is 8.78 Å². The number of nitrogens with one attached hydrogen (secondary N) is 1. The van der Waals surface area contributed by atoms with Crippen molar-refractivity contribution >= 4 is 0 Å². The lowest BCUT2D eigenvalue weighted by molar-refractivity contribution is 0.482. The summed E-state index contributed by atoms with van der Waals surface area (Å²) in [5.74, 6) is -0.568. The molecule has 0 amide bonds. The average molecular weight is 116 g/mol. The highest BCUT2D eigenvalue weighted by Crippen LogP contribution is 2.10. The molecule has 1 aliphatic heterocycles. The van der Waals surface area contributed by atoms with Gasteiger partial charge in [0.1, 0.15) is 5.83 Å². The maximum Gasteiger partial charge on any atom is 0.258 e. The zero-order valence-corrected chi connectivity index (χ0v) is 3.99. The van der Waals surface area contributed by atoms with Crippen molar-refractivity contribution in [1.82, 2.24) is 5.32 Å². The molecule has 1 heterocycles. The van der Waals surface area contributed by atoms with E-state index in [2.05, 4.69) is 5.32 Å². The van der Waals surface area contributed by atoms with Crippen molar-refractivity contribution in [2.45, 2.75) is 0 Å². The summed E-state index contributed by atoms with van der Waals surface area (Å²) < 4.78 is 23.8. The van der Waals surface area contributed by atoms with Gasteiger partial charge in [-0.1, -0.05) is 0 Å². The maximum absolute atomic E-state index is 11.9. The highest BCUT2D eigenvalue weighted by molar-refractivity contribution is 5.22. The van der Waals surface area contributed by atoms with Crippen molar-refractivity contribution in [2.24, 2.45) is 0 Å². The molecule has 8 heavy (non-hydrogen) atoms. The minimum atomic E-state index is -0.662. The first kappa shape index (κ1) is 5.28. The summed E-state index contributed by atoms with van der Waals surface area (Å²) in [6, 6.07) is 0. The second kappa shape index (κ2) is 1.94. The van der Waals surface area contributed by atoms with Gasteiger partial charge < -0.3 is 5.32 Å². The van der Waals surface area contributed by atoms with Crippen LogP contribution < -0.4 is 5.32 Å². The van der Waals surface area contributed by atoms with E-state index in [-0.39, 0.29) is 0 Å². The van der Waals surface area contributed by atoms with Gasteiger partial charge >= 0.3 is 0 Å². The first-order valence-corrected chi connectivity index (χ1v) is 2.12. The molecule has 0 aromatic carbocycles. The van der Waals surface area contributed by atoms with E-state index in [0.717, 1.165) is 12.2 Å². The average Bonchev–Trinajstić information content (AvgIpc) is 1.64. The standard InChI is InChI=1S/C5H4F2N/c6-4-1-2-8-5(7)3-4/h1-3,8H. The first-order valence-electron chi connectivity index (χ1n) is 2.12. The van der Waals surface area contributed by atoms with Crippen LogP contribution in [0.15, 0.2) is 24.2 Å². The van der Waals surface area contributed by atoms with E-state index in [1.165, 1.54) is 6.20 Å². The Labute approximate surface area is 45.7 Å². The second-order valence-corrected chi connectivity index (χ2v) is 1.35. The lowest BCUT2D eigenvalue weighted by Crippen LogP contribution is -2.09. The van der Waals surface area contributed by atoms with E-state index < -0.39 is 12.1 Å². The summed E-state index contributed by atoms with van der Waals surface area (Å²) in [4.78, 5) is 0. The van der Waals surface area contributed by atoms with E-state index in [4.69, 9.17) is 0 Å². The molecule has 0 saturated carbocycles. The van der Waals surface area contributed by atoms with Crippen molar-refractivity contribution in [2.75, 3.05) is 0 Å². The summed E-state index contributed by atoms with van der Waals surface area (Å²) in [5.41, 5.74) is 0. The third-order valence-corrected chi connectivity index (χ3v) is 0.728. The molecule has 1 nitrogen and oxygen atoms in total. The van der Waals surface area contributed by atoms with Crippen LogP contribution in [-0.2, 0) is 0 Å². The minimum absolute atomic E-state index is 0.568. The Morgan fingerprint density at radius 2 is 2.12 bits per heavy atom. The van der Waals surface area contributed by atoms with Gasteiger partial charge in [0.25, 0.3) is 6.30 Å². The number of halogens is 2. The molecule has 0 spiro atoms. The number of allylic oxidation sites excluding steroid dienone is 2. The molecule has 1 radical (unpaired) electrons. The van der Waals surface area contributed by atoms with Crippen LogP contribution in [0.25, 0.3) is 0 Å². The number of rotatable bonds is 0. The van der Waals surface area contributed by atoms with Gasteiger partial charge in [-0.15, -0.1) is 0 Å². The Morgan fingerprint density at radius 3 is 2.50 bits per heavy atom. The van der Waals surface area contributed by atoms with Crippen LogP contribution in [-0.4, -0.2) is 0 Å². The summed E-state index contributed by atoms with van der Waals surface area (Å²) in [6.07, 6.45) is 2.46. The van der Waals surface area contributed by atoms with Gasteiger partial charge in [-0.2, -0.15) is 0 Å². The molecule has 0 saturated heterocycles. The largest absolute Gasteiger partial charge is 0.352 e. The molecule has 3 heteroatoms. The molecule has 0 bridgehead atoms. The second-order valence-electron chi connectivity index (χ2n) is 1.35. The molecule has 0 unspecified atom stereocenters. The Bertz CT molecular complexity index is 139. The summed E-state index contributed by atoms with van der Waals surface area (Å²) >= 11 is 0. The van der Waals surface area contributed by atoms with Crippen LogP contribution in [0.1, 0.15) is 0 Å². The van der Waals surface area contributed by atoms with Gasteiger partial charge in [-0.05, 0) is 6.08 Å². The molecule has 0 aromatic rings. The Kier molecular flexibility index (Phi) is 1.28. The van der Waals surface area contributed by atoms with Crippen molar-refractivity contribution in [3.05, 3.63) is 30.5 Å². The van der Waals surface area contributed by atoms with Crippen LogP contribution in [0.3, 0.4) is 0 Å². The van der Waals surface area contributed by atoms with Crippen LogP contribution in [0, 0.1) is 6.30 Å². The van der Waals surface area contributed by atoms with Gasteiger partial charge in [0.15, 0.2) is 0 Å². The van der Waals surface area contributed by atoms with Gasteiger partial charge in [-0.25, -0.2) is 8.78 Å². The van der Waals surface area contributed by atoms with Gasteiger partial charge in [0.05, 0.1) is 0 Å². The van der Waals surface area contributed by atoms with Crippen molar-refractivity contribution in [1.29, 1.82) is 0 Å². The number of hydrogen-bond acceptors (Lipinski definition) is 1. The molecular formula is C5H4F2N. The van der Waals surface area contributed by atoms with Crippen LogP contribution in [0.4, 0.5) is 8.78 Å². The Balaban J connectivity index is 2.63. The zero-order valence-electron chi connectivity index (χ0n) is 3.99. The number of dihydropyridines is 1. The van der Waals surface area contributed by atoms with Crippen LogP contribution in [0.2, 0.25) is 0 Å². The Hall–Kier alpha value is -0.860. The maximum atomic E-state index is 11.9. The Morgan fingerprint density at radius 1 is 1.38 bits per heavy atom. The van der Waals surface area contributed by atoms with Gasteiger partial charge in [0.2, 0.25) is 0 Å². The topological polar surface area (TPSA) is 12.0 Å². The molecule has 43 valence electrons. The van der Waals surface area contributed by atoms with E-state index in [1.807, 2.05) is 0 Å². The molecule has 1 aliphatic rings. The summed E-state index contributed by atoms with van der Waals surface area (Å²) in [6.45, 7) is 0. The zero-order chi connectivity index (χ0) is 5.98. The smallest absolute Gasteiger partial charge is 0.258 e. The lowest BCUT2D eigenvalue weighted by Gasteiger charge is -2.03. The van der Waals surface area contributed by atoms with Crippen LogP contribution >= 0.6 is 0 Å². The van der Waals surface area contributed by atoms with E-state index in [0.29, 0.717) is 0 Å². The third kappa shape index (κ3) is 1.05. The molecule has 0 atom stereocenters. The molecule has 0 fully saturated rings. The van der Waals surface area contributed by atoms with Crippen molar-refractivity contribution in [3.63, 3.8) is 0 Å². The van der Waals surface area contributed by atoms with Crippen LogP contribution in [0.5, 0.6) is 0 Å². The van der Waals surface area contributed by atoms with Gasteiger partial charge in [0, 0.05) is 12.3 Å². The predicted octanol–water partition coefficient (Wildman–Crippen LogP) is 1.42. The predicted molar refractivity (Wildman–Crippen MR) is 25.8 cm³/mol. The molecule has 0 aromatic heterocycles. The first-order chi connectivity index (χ1) is 3.79. The quantitative estimate of drug-likeness (QED) is 0.472. The van der Waals surface area contributed by atoms with Crippen molar-refractivity contribution < 1.29 is 8.78 Å². The normalized spacial score (nSPS) is 20.0. The molecule has 1 N–H and O–H groups in total. The monoisotopic (exact) mass is 116 g/mol. The molecule has 0 aliphatic carbocycles. The highest BCUT2D eigenvalue weighted by Gasteiger charge is 2.05. The van der Waals surface area contributed by atoms with E-state index in [1.54, 1.807) is 0 Å². The highest BCUT2D eigenvalue weighted by atomic mass is 19.1. The van der Waals surface area contributed by atoms with Gasteiger partial charge in [-0.3, -0.25) is 0 Å². The SMILES string of the molecule is F[C]1C=C(F)C=CN1. The lowest BCUT2D eigenvalue weighted by atomic mass is 10.4. The third-order valence-electron chi connectivity index (χ3n) is 0.728. The fourth-order valence-corrected chi connectivity index (χ4v) is 0.412. The fraction of sp³-hybridized carbons (Fsp3) is 0. The van der Waals surface area contributed by atoms with E-state index >= 15 is 0 Å². The summed E-state index contributed by atoms with van der Waals surface area (Å²) in [7, 11) is 0. The fourth-order valence-electron chi connectivity index (χ4n) is 0.412. The van der Waals surface area contributed by atoms with Crippen molar-refractivity contribution in [3.8, 4) is 0 Å². The number of hydrogen-bond donors (Lipinski definition) is 1. The molecule has 1 rings (SSSR count).